The molecule has 1 fully saturated rings. The highest BCUT2D eigenvalue weighted by Crippen LogP contribution is 2.37. The molecule has 1 aromatic heterocycles. The molecular formula is C25H25ClN2O3. The van der Waals surface area contributed by atoms with Crippen LogP contribution in [0.3, 0.4) is 0 Å². The van der Waals surface area contributed by atoms with Gasteiger partial charge in [-0.2, -0.15) is 0 Å². The summed E-state index contributed by atoms with van der Waals surface area (Å²) >= 11 is 6.30. The summed E-state index contributed by atoms with van der Waals surface area (Å²) in [4.78, 5) is 18.6. The first-order chi connectivity index (χ1) is 14.9. The second-order valence-electron chi connectivity index (χ2n) is 8.09. The fourth-order valence-electron chi connectivity index (χ4n) is 4.13. The van der Waals surface area contributed by atoms with Gasteiger partial charge in [-0.25, -0.2) is 9.78 Å². The molecule has 31 heavy (non-hydrogen) atoms. The number of ether oxygens (including phenoxy) is 1. The average Bonchev–Trinajstić information content (AvgIpc) is 3.24. The summed E-state index contributed by atoms with van der Waals surface area (Å²) in [5, 5.41) is 10.5. The summed E-state index contributed by atoms with van der Waals surface area (Å²) in [7, 11) is 0. The fraction of sp³-hybridized carbons (Fsp3) is 0.280. The number of aromatic nitrogens is 1. The minimum absolute atomic E-state index is 0.0844. The summed E-state index contributed by atoms with van der Waals surface area (Å²) in [5.41, 5.74) is 2.17. The molecule has 0 radical (unpaired) electrons. The predicted molar refractivity (Wildman–Crippen MR) is 123 cm³/mol. The summed E-state index contributed by atoms with van der Waals surface area (Å²) < 4.78 is 6.08. The molecule has 160 valence electrons. The lowest BCUT2D eigenvalue weighted by Gasteiger charge is -2.20. The molecule has 1 N–H and O–H groups in total. The van der Waals surface area contributed by atoms with Gasteiger partial charge in [-0.3, -0.25) is 0 Å². The van der Waals surface area contributed by atoms with Gasteiger partial charge in [-0.15, -0.1) is 0 Å². The summed E-state index contributed by atoms with van der Waals surface area (Å²) in [6.07, 6.45) is 2.56. The van der Waals surface area contributed by atoms with Crippen LogP contribution < -0.4 is 9.64 Å². The Labute approximate surface area is 187 Å². The van der Waals surface area contributed by atoms with E-state index in [0.717, 1.165) is 35.7 Å². The monoisotopic (exact) mass is 436 g/mol. The Balaban J connectivity index is 1.59. The van der Waals surface area contributed by atoms with Crippen molar-refractivity contribution in [1.82, 2.24) is 4.98 Å². The summed E-state index contributed by atoms with van der Waals surface area (Å²) in [6.45, 7) is 5.66. The number of hydrogen-bond acceptors (Lipinski definition) is 4. The number of halogens is 1. The molecule has 1 saturated heterocycles. The van der Waals surface area contributed by atoms with Crippen LogP contribution >= 0.6 is 11.6 Å². The smallest absolute Gasteiger partial charge is 0.336 e. The van der Waals surface area contributed by atoms with Crippen molar-refractivity contribution in [2.75, 3.05) is 18.0 Å². The van der Waals surface area contributed by atoms with E-state index in [2.05, 4.69) is 23.7 Å². The van der Waals surface area contributed by atoms with Gasteiger partial charge in [-0.05, 0) is 53.8 Å². The molecular weight excluding hydrogens is 412 g/mol. The molecule has 2 heterocycles. The van der Waals surface area contributed by atoms with Crippen LogP contribution in [0.2, 0.25) is 5.02 Å². The van der Waals surface area contributed by atoms with E-state index >= 15 is 0 Å². The highest BCUT2D eigenvalue weighted by molar-refractivity contribution is 6.32. The predicted octanol–water partition coefficient (Wildman–Crippen LogP) is 6.34. The molecule has 2 aromatic carbocycles. The maximum absolute atomic E-state index is 12.1. The third-order valence-electron chi connectivity index (χ3n) is 5.69. The number of rotatable bonds is 6. The van der Waals surface area contributed by atoms with E-state index in [-0.39, 0.29) is 11.5 Å². The van der Waals surface area contributed by atoms with E-state index in [1.807, 2.05) is 42.5 Å². The Bertz CT molecular complexity index is 1100. The Morgan fingerprint density at radius 2 is 2.00 bits per heavy atom. The van der Waals surface area contributed by atoms with E-state index in [1.54, 1.807) is 18.3 Å². The lowest BCUT2D eigenvalue weighted by Crippen LogP contribution is -2.21. The van der Waals surface area contributed by atoms with E-state index in [4.69, 9.17) is 16.3 Å². The van der Waals surface area contributed by atoms with Gasteiger partial charge in [0.25, 0.3) is 0 Å². The number of nitrogens with zero attached hydrogens (tertiary/aromatic N) is 2. The van der Waals surface area contributed by atoms with Gasteiger partial charge in [0.05, 0.1) is 10.6 Å². The van der Waals surface area contributed by atoms with Crippen molar-refractivity contribution in [3.8, 4) is 11.5 Å². The van der Waals surface area contributed by atoms with Gasteiger partial charge in [0.2, 0.25) is 0 Å². The third-order valence-corrected chi connectivity index (χ3v) is 5.99. The zero-order valence-electron chi connectivity index (χ0n) is 17.6. The zero-order valence-corrected chi connectivity index (χ0v) is 18.3. The van der Waals surface area contributed by atoms with Crippen molar-refractivity contribution in [3.05, 3.63) is 82.5 Å². The van der Waals surface area contributed by atoms with Gasteiger partial charge in [0.1, 0.15) is 17.3 Å². The summed E-state index contributed by atoms with van der Waals surface area (Å²) in [6, 6.07) is 16.8. The van der Waals surface area contributed by atoms with Crippen LogP contribution in [-0.4, -0.2) is 29.1 Å². The van der Waals surface area contributed by atoms with Crippen LogP contribution in [0.4, 0.5) is 5.82 Å². The molecule has 0 aliphatic carbocycles. The quantitative estimate of drug-likeness (QED) is 0.488. The number of para-hydroxylation sites is 1. The van der Waals surface area contributed by atoms with Crippen molar-refractivity contribution >= 4 is 23.4 Å². The van der Waals surface area contributed by atoms with E-state index in [9.17, 15) is 9.90 Å². The largest absolute Gasteiger partial charge is 0.478 e. The maximum Gasteiger partial charge on any atom is 0.336 e. The standard InChI is InChI=1S/C25H25ClN2O3/c1-16(2)19-6-3-4-8-23(19)31-18-9-10-20(21(14-18)25(29)30)17-11-13-28(15-17)24-22(26)7-5-12-27-24/h3-10,12,14,16-17H,11,13,15H2,1-2H3,(H,29,30). The number of carbonyl (C=O) groups is 1. The van der Waals surface area contributed by atoms with Crippen LogP contribution in [0.5, 0.6) is 11.5 Å². The molecule has 0 amide bonds. The molecule has 0 bridgehead atoms. The van der Waals surface area contributed by atoms with Crippen molar-refractivity contribution in [2.45, 2.75) is 32.1 Å². The molecule has 0 spiro atoms. The van der Waals surface area contributed by atoms with Crippen molar-refractivity contribution < 1.29 is 14.6 Å². The Hall–Kier alpha value is -3.05. The summed E-state index contributed by atoms with van der Waals surface area (Å²) in [5.74, 6) is 1.45. The van der Waals surface area contributed by atoms with Crippen molar-refractivity contribution in [2.24, 2.45) is 0 Å². The first-order valence-corrected chi connectivity index (χ1v) is 10.8. The fourth-order valence-corrected chi connectivity index (χ4v) is 4.38. The minimum Gasteiger partial charge on any atom is -0.478 e. The molecule has 5 nitrogen and oxygen atoms in total. The molecule has 1 atom stereocenters. The van der Waals surface area contributed by atoms with Gasteiger partial charge in [0, 0.05) is 25.2 Å². The van der Waals surface area contributed by atoms with Gasteiger partial charge >= 0.3 is 5.97 Å². The molecule has 0 saturated carbocycles. The Kier molecular flexibility index (Phi) is 6.14. The molecule has 3 aromatic rings. The van der Waals surface area contributed by atoms with Gasteiger partial charge < -0.3 is 14.7 Å². The number of carboxylic acid groups (broad SMARTS) is 1. The lowest BCUT2D eigenvalue weighted by molar-refractivity contribution is 0.0695. The van der Waals surface area contributed by atoms with Crippen LogP contribution in [0, 0.1) is 0 Å². The molecule has 1 aliphatic rings. The third kappa shape index (κ3) is 4.52. The average molecular weight is 437 g/mol. The lowest BCUT2D eigenvalue weighted by atomic mass is 9.93. The van der Waals surface area contributed by atoms with Gasteiger partial charge in [-0.1, -0.05) is 49.7 Å². The second kappa shape index (κ2) is 8.98. The number of anilines is 1. The first kappa shape index (κ1) is 21.2. The van der Waals surface area contributed by atoms with Crippen LogP contribution in [0.1, 0.15) is 53.6 Å². The normalized spacial score (nSPS) is 16.0. The van der Waals surface area contributed by atoms with Crippen LogP contribution in [0.15, 0.2) is 60.8 Å². The van der Waals surface area contributed by atoms with E-state index in [0.29, 0.717) is 23.2 Å². The second-order valence-corrected chi connectivity index (χ2v) is 8.50. The van der Waals surface area contributed by atoms with Crippen molar-refractivity contribution in [1.29, 1.82) is 0 Å². The van der Waals surface area contributed by atoms with Crippen molar-refractivity contribution in [3.63, 3.8) is 0 Å². The molecule has 1 unspecified atom stereocenters. The minimum atomic E-state index is -0.952. The number of benzene rings is 2. The number of carboxylic acids is 1. The SMILES string of the molecule is CC(C)c1ccccc1Oc1ccc(C2CCN(c3ncccc3Cl)C2)c(C(=O)O)c1. The maximum atomic E-state index is 12.1. The highest BCUT2D eigenvalue weighted by Gasteiger charge is 2.29. The highest BCUT2D eigenvalue weighted by atomic mass is 35.5. The molecule has 6 heteroatoms. The number of pyridine rings is 1. The Morgan fingerprint density at radius 1 is 1.19 bits per heavy atom. The number of hydrogen-bond donors (Lipinski definition) is 1. The topological polar surface area (TPSA) is 62.7 Å². The molecule has 1 aliphatic heterocycles. The number of aromatic carboxylic acids is 1. The Morgan fingerprint density at radius 3 is 2.74 bits per heavy atom. The zero-order chi connectivity index (χ0) is 22.0. The molecule has 4 rings (SSSR count). The van der Waals surface area contributed by atoms with Crippen LogP contribution in [0.25, 0.3) is 0 Å². The van der Waals surface area contributed by atoms with E-state index in [1.165, 1.54) is 0 Å². The van der Waals surface area contributed by atoms with Gasteiger partial charge in [0.15, 0.2) is 0 Å². The first-order valence-electron chi connectivity index (χ1n) is 10.4. The van der Waals surface area contributed by atoms with Crippen LogP contribution in [-0.2, 0) is 0 Å². The van der Waals surface area contributed by atoms with E-state index < -0.39 is 5.97 Å².